The molecule has 0 bridgehead atoms. The topological polar surface area (TPSA) is 365 Å². The fraction of sp³-hybridized carbons (Fsp3) is 0.500. The third-order valence-electron chi connectivity index (χ3n) is 7.20. The fourth-order valence-corrected chi connectivity index (χ4v) is 4.99. The van der Waals surface area contributed by atoms with Crippen LogP contribution in [0.3, 0.4) is 0 Å². The van der Waals surface area contributed by atoms with E-state index < -0.39 is 121 Å². The van der Waals surface area contributed by atoms with Crippen molar-refractivity contribution >= 4 is 70.7 Å². The van der Waals surface area contributed by atoms with Crippen LogP contribution in [0.25, 0.3) is 0 Å². The summed E-state index contributed by atoms with van der Waals surface area (Å²) in [5.41, 5.74) is 4.00. The summed E-state index contributed by atoms with van der Waals surface area (Å²) in [7, 11) is -5.09. The minimum atomic E-state index is -5.09. The number of hydrogen-bond acceptors (Lipinski definition) is 20. The minimum Gasteiger partial charge on any atom is -0.435 e. The number of ether oxygens (including phenoxy) is 4. The minimum absolute atomic E-state index is 0.208. The number of aliphatic hydroxyl groups excluding tert-OH is 3. The van der Waals surface area contributed by atoms with E-state index in [4.69, 9.17) is 23.5 Å². The van der Waals surface area contributed by atoms with Gasteiger partial charge >= 0.3 is 10.4 Å². The Labute approximate surface area is 309 Å². The summed E-state index contributed by atoms with van der Waals surface area (Å²) in [6.07, 6.45) is -9.58. The van der Waals surface area contributed by atoms with Crippen LogP contribution in [0.15, 0.2) is 34.5 Å². The van der Waals surface area contributed by atoms with Crippen molar-refractivity contribution in [1.29, 1.82) is 0 Å². The molecule has 3 aliphatic rings. The van der Waals surface area contributed by atoms with E-state index in [2.05, 4.69) is 19.7 Å². The SMILES string of the molecule is CC(=O)NC1C(O)OC(COS(=O)(=O)O)C(O)C1OC(/C=N/NC(=O)CCN1C(=O)C=CC1=O)OC(OC=O)C(O)/C=N\NC(=O)CCN1C(=O)C=CC1=O. The van der Waals surface area contributed by atoms with Crippen LogP contribution in [0.1, 0.15) is 19.8 Å². The van der Waals surface area contributed by atoms with Gasteiger partial charge in [-0.1, -0.05) is 0 Å². The van der Waals surface area contributed by atoms with Gasteiger partial charge in [-0.25, -0.2) is 15.0 Å². The first-order valence-corrected chi connectivity index (χ1v) is 17.0. The Balaban J connectivity index is 1.79. The monoisotopic (exact) mass is 805 g/mol. The summed E-state index contributed by atoms with van der Waals surface area (Å²) in [6.45, 7) is -0.956. The van der Waals surface area contributed by atoms with Crippen LogP contribution in [0.5, 0.6) is 0 Å². The third kappa shape index (κ3) is 13.8. The molecule has 1 fully saturated rings. The molecule has 0 radical (unpaired) electrons. The molecule has 7 amide bonds. The molecule has 3 rings (SSSR count). The van der Waals surface area contributed by atoms with Crippen molar-refractivity contribution in [3.05, 3.63) is 24.3 Å². The van der Waals surface area contributed by atoms with Crippen LogP contribution in [-0.2, 0) is 71.9 Å². The molecule has 27 heteroatoms. The molecule has 0 aromatic carbocycles. The van der Waals surface area contributed by atoms with E-state index in [0.717, 1.165) is 41.0 Å². The summed E-state index contributed by atoms with van der Waals surface area (Å²) in [5.74, 6) is -5.11. The van der Waals surface area contributed by atoms with Gasteiger partial charge in [0, 0.05) is 57.2 Å². The van der Waals surface area contributed by atoms with Crippen LogP contribution in [0, 0.1) is 0 Å². The molecule has 0 aromatic heterocycles. The number of hydrazone groups is 2. The van der Waals surface area contributed by atoms with Crippen molar-refractivity contribution in [3.8, 4) is 0 Å². The Morgan fingerprint density at radius 2 is 1.44 bits per heavy atom. The second kappa shape index (κ2) is 20.3. The number of nitrogens with zero attached hydrogens (tertiary/aromatic N) is 4. The maximum Gasteiger partial charge on any atom is 0.397 e. The van der Waals surface area contributed by atoms with Crippen molar-refractivity contribution in [2.45, 2.75) is 69.1 Å². The molecular formula is C28H35N7O19S. The first kappa shape index (κ1) is 44.0. The number of carbonyl (C=O) groups excluding carboxylic acids is 8. The van der Waals surface area contributed by atoms with Gasteiger partial charge in [0.25, 0.3) is 30.1 Å². The molecule has 0 spiro atoms. The molecule has 8 unspecified atom stereocenters. The van der Waals surface area contributed by atoms with E-state index in [1.807, 2.05) is 10.9 Å². The van der Waals surface area contributed by atoms with Crippen LogP contribution in [0.2, 0.25) is 0 Å². The van der Waals surface area contributed by atoms with E-state index in [9.17, 15) is 62.1 Å². The number of carbonyl (C=O) groups is 8. The van der Waals surface area contributed by atoms with Crippen LogP contribution >= 0.6 is 0 Å². The van der Waals surface area contributed by atoms with E-state index in [-0.39, 0.29) is 19.6 Å². The second-order valence-corrected chi connectivity index (χ2v) is 12.2. The zero-order valence-electron chi connectivity index (χ0n) is 28.3. The molecule has 302 valence electrons. The molecule has 0 aromatic rings. The summed E-state index contributed by atoms with van der Waals surface area (Å²) in [5, 5.41) is 41.6. The van der Waals surface area contributed by atoms with Crippen LogP contribution in [-0.4, -0.2) is 167 Å². The highest BCUT2D eigenvalue weighted by Gasteiger charge is 2.48. The second-order valence-electron chi connectivity index (χ2n) is 11.1. The zero-order chi connectivity index (χ0) is 40.9. The van der Waals surface area contributed by atoms with Gasteiger partial charge < -0.3 is 39.6 Å². The molecule has 3 heterocycles. The lowest BCUT2D eigenvalue weighted by atomic mass is 9.96. The highest BCUT2D eigenvalue weighted by molar-refractivity contribution is 7.80. The van der Waals surface area contributed by atoms with Crippen molar-refractivity contribution in [3.63, 3.8) is 0 Å². The van der Waals surface area contributed by atoms with Crippen LogP contribution < -0.4 is 16.2 Å². The Bertz CT molecular complexity index is 1680. The van der Waals surface area contributed by atoms with Gasteiger partial charge in [0.15, 0.2) is 18.7 Å². The van der Waals surface area contributed by atoms with E-state index in [1.165, 1.54) is 0 Å². The molecule has 3 aliphatic heterocycles. The predicted molar refractivity (Wildman–Crippen MR) is 173 cm³/mol. The van der Waals surface area contributed by atoms with Crippen molar-refractivity contribution in [2.75, 3.05) is 19.7 Å². The van der Waals surface area contributed by atoms with Crippen LogP contribution in [0.4, 0.5) is 0 Å². The molecule has 8 atom stereocenters. The van der Waals surface area contributed by atoms with Gasteiger partial charge in [-0.3, -0.25) is 52.7 Å². The van der Waals surface area contributed by atoms with Gasteiger partial charge in [-0.15, -0.1) is 0 Å². The van der Waals surface area contributed by atoms with E-state index in [1.54, 1.807) is 0 Å². The average Bonchev–Trinajstić information content (AvgIpc) is 3.61. The lowest BCUT2D eigenvalue weighted by Gasteiger charge is -2.43. The standard InChI is InChI=1S/C28H35N7O19S/c1-14(37)31-24-26(25(45)16(52-27(24)46)12-51-55(47,48)49)53-23(11-30-33-18(40)7-9-35-21(43)4-5-22(35)44)54-28(50-13-36)15(38)10-29-32-17(39)6-8-34-19(41)2-3-20(34)42/h2-5,10-11,13,15-16,23-28,38,45-46H,6-9,12H2,1H3,(H,31,37)(H,32,39)(H,33,40)(H,47,48,49)/b29-10-,30-11+. The molecule has 0 saturated carbocycles. The fourth-order valence-electron chi connectivity index (χ4n) is 4.68. The maximum absolute atomic E-state index is 12.4. The summed E-state index contributed by atoms with van der Waals surface area (Å²) >= 11 is 0. The van der Waals surface area contributed by atoms with E-state index >= 15 is 0 Å². The number of hydrogen-bond donors (Lipinski definition) is 7. The number of aliphatic hydroxyl groups is 3. The molecule has 26 nitrogen and oxygen atoms in total. The van der Waals surface area contributed by atoms with Gasteiger partial charge in [0.2, 0.25) is 24.0 Å². The zero-order valence-corrected chi connectivity index (χ0v) is 29.1. The Morgan fingerprint density at radius 3 is 1.91 bits per heavy atom. The molecule has 55 heavy (non-hydrogen) atoms. The number of rotatable bonds is 21. The third-order valence-corrected chi connectivity index (χ3v) is 7.63. The van der Waals surface area contributed by atoms with Gasteiger partial charge in [0.05, 0.1) is 19.0 Å². The normalized spacial score (nSPS) is 24.4. The summed E-state index contributed by atoms with van der Waals surface area (Å²) < 4.78 is 56.4. The van der Waals surface area contributed by atoms with Crippen molar-refractivity contribution in [2.24, 2.45) is 10.2 Å². The summed E-state index contributed by atoms with van der Waals surface area (Å²) in [6, 6.07) is -1.68. The van der Waals surface area contributed by atoms with Gasteiger partial charge in [-0.05, 0) is 0 Å². The smallest absolute Gasteiger partial charge is 0.397 e. The quantitative estimate of drug-likeness (QED) is 0.0142. The Morgan fingerprint density at radius 1 is 0.927 bits per heavy atom. The highest BCUT2D eigenvalue weighted by atomic mass is 32.3. The molecule has 0 aliphatic carbocycles. The number of amides is 7. The first-order chi connectivity index (χ1) is 25.9. The lowest BCUT2D eigenvalue weighted by Crippen LogP contribution is -2.65. The average molecular weight is 806 g/mol. The highest BCUT2D eigenvalue weighted by Crippen LogP contribution is 2.25. The predicted octanol–water partition coefficient (Wildman–Crippen LogP) is -6.19. The van der Waals surface area contributed by atoms with Crippen molar-refractivity contribution < 1.29 is 89.8 Å². The molecular weight excluding hydrogens is 770 g/mol. The van der Waals surface area contributed by atoms with Crippen molar-refractivity contribution in [1.82, 2.24) is 26.0 Å². The number of imide groups is 2. The first-order valence-electron chi connectivity index (χ1n) is 15.6. The number of nitrogens with one attached hydrogen (secondary N) is 3. The van der Waals surface area contributed by atoms with Gasteiger partial charge in [0.1, 0.15) is 24.4 Å². The Hall–Kier alpha value is -5.39. The maximum atomic E-state index is 12.4. The summed E-state index contributed by atoms with van der Waals surface area (Å²) in [4.78, 5) is 96.2. The molecule has 1 saturated heterocycles. The largest absolute Gasteiger partial charge is 0.435 e. The van der Waals surface area contributed by atoms with Gasteiger partial charge in [-0.2, -0.15) is 18.6 Å². The lowest BCUT2D eigenvalue weighted by molar-refractivity contribution is -0.295. The Kier molecular flexibility index (Phi) is 16.3. The van der Waals surface area contributed by atoms with E-state index in [0.29, 0.717) is 12.4 Å². The molecule has 7 N–H and O–H groups in total.